The van der Waals surface area contributed by atoms with Crippen LogP contribution in [0.2, 0.25) is 0 Å². The van der Waals surface area contributed by atoms with Gasteiger partial charge in [0.05, 0.1) is 7.11 Å². The topological polar surface area (TPSA) is 39.4 Å². The van der Waals surface area contributed by atoms with Gasteiger partial charge >= 0.3 is 0 Å². The molecule has 2 aromatic heterocycles. The summed E-state index contributed by atoms with van der Waals surface area (Å²) in [5.74, 6) is 1.86. The smallest absolute Gasteiger partial charge is 0.161 e. The molecular formula is C15H14BrN3O. The molecule has 0 saturated heterocycles. The van der Waals surface area contributed by atoms with Crippen molar-refractivity contribution in [3.05, 3.63) is 58.5 Å². The Labute approximate surface area is 125 Å². The van der Waals surface area contributed by atoms with Gasteiger partial charge in [-0.3, -0.25) is 4.40 Å². The molecule has 0 atom stereocenters. The number of ether oxygens (including phenoxy) is 1. The Morgan fingerprint density at radius 3 is 2.65 bits per heavy atom. The molecule has 0 aliphatic heterocycles. The van der Waals surface area contributed by atoms with Crippen LogP contribution < -0.4 is 4.74 Å². The Hall–Kier alpha value is -1.88. The summed E-state index contributed by atoms with van der Waals surface area (Å²) < 4.78 is 8.19. The number of benzene rings is 1. The van der Waals surface area contributed by atoms with Gasteiger partial charge in [-0.15, -0.1) is 10.2 Å². The molecule has 3 aromatic rings. The van der Waals surface area contributed by atoms with E-state index in [-0.39, 0.29) is 0 Å². The molecule has 2 heterocycles. The zero-order valence-corrected chi connectivity index (χ0v) is 12.7. The number of hydrogen-bond donors (Lipinski definition) is 0. The summed E-state index contributed by atoms with van der Waals surface area (Å²) in [5, 5.41) is 8.43. The molecule has 0 unspecified atom stereocenters. The maximum Gasteiger partial charge on any atom is 0.161 e. The predicted molar refractivity (Wildman–Crippen MR) is 81.1 cm³/mol. The highest BCUT2D eigenvalue weighted by Gasteiger charge is 2.06. The first-order valence-corrected chi connectivity index (χ1v) is 7.17. The molecule has 0 saturated carbocycles. The number of rotatable bonds is 4. The van der Waals surface area contributed by atoms with E-state index in [1.54, 1.807) is 7.11 Å². The fourth-order valence-electron chi connectivity index (χ4n) is 2.13. The molecule has 0 aliphatic rings. The van der Waals surface area contributed by atoms with Crippen molar-refractivity contribution >= 4 is 21.6 Å². The van der Waals surface area contributed by atoms with Crippen LogP contribution in [0.1, 0.15) is 11.4 Å². The molecule has 5 heteroatoms. The summed E-state index contributed by atoms with van der Waals surface area (Å²) in [4.78, 5) is 0. The minimum Gasteiger partial charge on any atom is -0.497 e. The molecule has 1 aromatic carbocycles. The number of aromatic nitrogens is 3. The van der Waals surface area contributed by atoms with Crippen LogP contribution in [-0.2, 0) is 12.8 Å². The van der Waals surface area contributed by atoms with Crippen LogP contribution in [0.5, 0.6) is 5.75 Å². The third-order valence-electron chi connectivity index (χ3n) is 3.24. The van der Waals surface area contributed by atoms with Gasteiger partial charge in [0.25, 0.3) is 0 Å². The Bertz CT molecular complexity index is 722. The highest BCUT2D eigenvalue weighted by Crippen LogP contribution is 2.15. The van der Waals surface area contributed by atoms with E-state index >= 15 is 0 Å². The highest BCUT2D eigenvalue weighted by molar-refractivity contribution is 9.10. The van der Waals surface area contributed by atoms with E-state index in [1.807, 2.05) is 34.9 Å². The fraction of sp³-hybridized carbons (Fsp3) is 0.200. The van der Waals surface area contributed by atoms with Crippen molar-refractivity contribution in [2.45, 2.75) is 12.8 Å². The average Bonchev–Trinajstić information content (AvgIpc) is 2.88. The first kappa shape index (κ1) is 13.1. The van der Waals surface area contributed by atoms with Crippen LogP contribution in [0.3, 0.4) is 0 Å². The lowest BCUT2D eigenvalue weighted by Crippen LogP contribution is -1.98. The number of fused-ring (bicyclic) bond motifs is 1. The van der Waals surface area contributed by atoms with Crippen molar-refractivity contribution in [1.82, 2.24) is 14.6 Å². The number of halogens is 1. The second kappa shape index (κ2) is 5.63. The predicted octanol–water partition coefficient (Wildman–Crippen LogP) is 3.29. The van der Waals surface area contributed by atoms with Crippen LogP contribution in [0.15, 0.2) is 47.1 Å². The van der Waals surface area contributed by atoms with Gasteiger partial charge < -0.3 is 4.74 Å². The Morgan fingerprint density at radius 1 is 1.10 bits per heavy atom. The summed E-state index contributed by atoms with van der Waals surface area (Å²) in [5.41, 5.74) is 2.13. The van der Waals surface area contributed by atoms with Crippen LogP contribution >= 0.6 is 15.9 Å². The van der Waals surface area contributed by atoms with Gasteiger partial charge in [0, 0.05) is 17.1 Å². The van der Waals surface area contributed by atoms with E-state index in [4.69, 9.17) is 4.74 Å². The van der Waals surface area contributed by atoms with Crippen LogP contribution in [0.25, 0.3) is 5.65 Å². The lowest BCUT2D eigenvalue weighted by molar-refractivity contribution is 0.414. The second-order valence-corrected chi connectivity index (χ2v) is 5.45. The molecule has 0 aliphatic carbocycles. The first-order valence-electron chi connectivity index (χ1n) is 6.38. The van der Waals surface area contributed by atoms with Crippen LogP contribution in [-0.4, -0.2) is 21.7 Å². The molecule has 0 radical (unpaired) electrons. The maximum atomic E-state index is 5.16. The molecule has 20 heavy (non-hydrogen) atoms. The molecule has 0 fully saturated rings. The molecule has 3 rings (SSSR count). The molecule has 0 N–H and O–H groups in total. The first-order chi connectivity index (χ1) is 9.76. The number of methoxy groups -OCH3 is 1. The number of hydrogen-bond acceptors (Lipinski definition) is 3. The molecule has 102 valence electrons. The van der Waals surface area contributed by atoms with Crippen molar-refractivity contribution in [1.29, 1.82) is 0 Å². The quantitative estimate of drug-likeness (QED) is 0.736. The fourth-order valence-corrected chi connectivity index (χ4v) is 2.46. The monoisotopic (exact) mass is 331 g/mol. The maximum absolute atomic E-state index is 5.16. The van der Waals surface area contributed by atoms with Gasteiger partial charge in [-0.25, -0.2) is 0 Å². The van der Waals surface area contributed by atoms with Gasteiger partial charge in [-0.1, -0.05) is 28.1 Å². The standard InChI is InChI=1S/C15H14BrN3O/c1-20-13-5-2-11(3-6-13)4-7-14-17-18-15-10-12(16)8-9-19(14)15/h2-3,5-6,8-10H,4,7H2,1H3. The number of pyridine rings is 1. The Kier molecular flexibility index (Phi) is 3.69. The van der Waals surface area contributed by atoms with Crippen molar-refractivity contribution in [3.63, 3.8) is 0 Å². The van der Waals surface area contributed by atoms with Gasteiger partial charge in [-0.05, 0) is 36.2 Å². The molecule has 0 bridgehead atoms. The minimum absolute atomic E-state index is 0.856. The Morgan fingerprint density at radius 2 is 1.90 bits per heavy atom. The third kappa shape index (κ3) is 2.67. The van der Waals surface area contributed by atoms with E-state index < -0.39 is 0 Å². The molecule has 4 nitrogen and oxygen atoms in total. The summed E-state index contributed by atoms with van der Waals surface area (Å²) in [6.45, 7) is 0. The summed E-state index contributed by atoms with van der Waals surface area (Å²) in [6.07, 6.45) is 3.78. The molecular weight excluding hydrogens is 318 g/mol. The van der Waals surface area contributed by atoms with Crippen molar-refractivity contribution in [2.24, 2.45) is 0 Å². The van der Waals surface area contributed by atoms with Gasteiger partial charge in [-0.2, -0.15) is 0 Å². The summed E-state index contributed by atoms with van der Waals surface area (Å²) >= 11 is 3.44. The second-order valence-electron chi connectivity index (χ2n) is 4.54. The van der Waals surface area contributed by atoms with Crippen molar-refractivity contribution in [3.8, 4) is 5.75 Å². The van der Waals surface area contributed by atoms with Gasteiger partial charge in [0.1, 0.15) is 11.6 Å². The van der Waals surface area contributed by atoms with Gasteiger partial charge in [0.2, 0.25) is 0 Å². The van der Waals surface area contributed by atoms with E-state index in [2.05, 4.69) is 38.3 Å². The van der Waals surface area contributed by atoms with E-state index in [1.165, 1.54) is 5.56 Å². The van der Waals surface area contributed by atoms with Crippen LogP contribution in [0, 0.1) is 0 Å². The summed E-state index contributed by atoms with van der Waals surface area (Å²) in [7, 11) is 1.68. The lowest BCUT2D eigenvalue weighted by Gasteiger charge is -2.03. The molecule has 0 amide bonds. The molecule has 0 spiro atoms. The lowest BCUT2D eigenvalue weighted by atomic mass is 10.1. The zero-order chi connectivity index (χ0) is 13.9. The normalized spacial score (nSPS) is 10.9. The summed E-state index contributed by atoms with van der Waals surface area (Å²) in [6, 6.07) is 12.1. The minimum atomic E-state index is 0.856. The SMILES string of the molecule is COc1ccc(CCc2nnc3cc(Br)ccn23)cc1. The van der Waals surface area contributed by atoms with E-state index in [0.29, 0.717) is 0 Å². The zero-order valence-electron chi connectivity index (χ0n) is 11.1. The number of nitrogens with zero attached hydrogens (tertiary/aromatic N) is 3. The average molecular weight is 332 g/mol. The van der Waals surface area contributed by atoms with Crippen molar-refractivity contribution < 1.29 is 4.74 Å². The third-order valence-corrected chi connectivity index (χ3v) is 3.73. The van der Waals surface area contributed by atoms with Crippen LogP contribution in [0.4, 0.5) is 0 Å². The van der Waals surface area contributed by atoms with Crippen molar-refractivity contribution in [2.75, 3.05) is 7.11 Å². The largest absolute Gasteiger partial charge is 0.497 e. The number of aryl methyl sites for hydroxylation is 2. The van der Waals surface area contributed by atoms with E-state index in [0.717, 1.165) is 34.5 Å². The van der Waals surface area contributed by atoms with Gasteiger partial charge in [0.15, 0.2) is 5.65 Å². The Balaban J connectivity index is 1.76. The van der Waals surface area contributed by atoms with E-state index in [9.17, 15) is 0 Å². The highest BCUT2D eigenvalue weighted by atomic mass is 79.9.